The Balaban J connectivity index is 1.68. The number of rotatable bonds is 8. The molecule has 1 N–H and O–H groups in total. The Morgan fingerprint density at radius 1 is 0.879 bits per heavy atom. The minimum atomic E-state index is -0.250. The van der Waals surface area contributed by atoms with E-state index in [0.717, 1.165) is 16.8 Å². The van der Waals surface area contributed by atoms with Gasteiger partial charge in [-0.25, -0.2) is 4.68 Å². The topological polar surface area (TPSA) is 74.6 Å². The van der Waals surface area contributed by atoms with Gasteiger partial charge in [0.25, 0.3) is 5.91 Å². The first kappa shape index (κ1) is 22.0. The second kappa shape index (κ2) is 9.91. The molecule has 0 saturated heterocycles. The van der Waals surface area contributed by atoms with Crippen molar-refractivity contribution in [3.8, 4) is 34.2 Å². The van der Waals surface area contributed by atoms with E-state index in [1.54, 1.807) is 38.3 Å². The molecule has 1 aromatic heterocycles. The van der Waals surface area contributed by atoms with Crippen molar-refractivity contribution in [3.63, 3.8) is 0 Å². The van der Waals surface area contributed by atoms with Crippen LogP contribution in [-0.2, 0) is 6.54 Å². The summed E-state index contributed by atoms with van der Waals surface area (Å²) in [5, 5.41) is 7.71. The molecule has 0 saturated carbocycles. The number of ether oxygens (including phenoxy) is 3. The predicted molar refractivity (Wildman–Crippen MR) is 126 cm³/mol. The Morgan fingerprint density at radius 3 is 2.21 bits per heavy atom. The van der Waals surface area contributed by atoms with Gasteiger partial charge in [-0.1, -0.05) is 30.3 Å². The van der Waals surface area contributed by atoms with Gasteiger partial charge in [0.2, 0.25) is 0 Å². The van der Waals surface area contributed by atoms with Crippen LogP contribution in [0.25, 0.3) is 16.9 Å². The highest BCUT2D eigenvalue weighted by molar-refractivity contribution is 6.00. The van der Waals surface area contributed by atoms with E-state index in [4.69, 9.17) is 19.3 Å². The van der Waals surface area contributed by atoms with Gasteiger partial charge in [0.1, 0.15) is 22.9 Å². The normalized spacial score (nSPS) is 10.5. The molecule has 4 rings (SSSR count). The smallest absolute Gasteiger partial charge is 0.255 e. The summed E-state index contributed by atoms with van der Waals surface area (Å²) in [7, 11) is 4.78. The van der Waals surface area contributed by atoms with Crippen LogP contribution >= 0.6 is 0 Å². The zero-order chi connectivity index (χ0) is 23.2. The molecule has 0 bridgehead atoms. The van der Waals surface area contributed by atoms with Crippen LogP contribution in [0.3, 0.4) is 0 Å². The van der Waals surface area contributed by atoms with Crippen molar-refractivity contribution in [1.82, 2.24) is 15.1 Å². The maximum Gasteiger partial charge on any atom is 0.255 e. The van der Waals surface area contributed by atoms with E-state index in [1.807, 2.05) is 66.7 Å². The van der Waals surface area contributed by atoms with Gasteiger partial charge in [-0.2, -0.15) is 5.10 Å². The molecule has 0 atom stereocenters. The fourth-order valence-electron chi connectivity index (χ4n) is 3.54. The van der Waals surface area contributed by atoms with Gasteiger partial charge in [0, 0.05) is 24.4 Å². The highest BCUT2D eigenvalue weighted by atomic mass is 16.5. The van der Waals surface area contributed by atoms with Crippen molar-refractivity contribution >= 4 is 5.91 Å². The summed E-state index contributed by atoms with van der Waals surface area (Å²) in [5.74, 6) is 1.71. The second-order valence-corrected chi connectivity index (χ2v) is 7.28. The van der Waals surface area contributed by atoms with Crippen LogP contribution in [0.2, 0.25) is 0 Å². The van der Waals surface area contributed by atoms with E-state index in [0.29, 0.717) is 35.1 Å². The van der Waals surface area contributed by atoms with Crippen LogP contribution in [0.1, 0.15) is 15.9 Å². The molecule has 0 aliphatic heterocycles. The van der Waals surface area contributed by atoms with Crippen molar-refractivity contribution in [2.24, 2.45) is 0 Å². The van der Waals surface area contributed by atoms with Gasteiger partial charge in [-0.15, -0.1) is 0 Å². The molecule has 1 amide bonds. The van der Waals surface area contributed by atoms with Crippen molar-refractivity contribution < 1.29 is 19.0 Å². The largest absolute Gasteiger partial charge is 0.497 e. The Hall–Kier alpha value is -4.26. The van der Waals surface area contributed by atoms with Crippen LogP contribution in [0, 0.1) is 0 Å². The molecule has 0 unspecified atom stereocenters. The lowest BCUT2D eigenvalue weighted by Crippen LogP contribution is -2.23. The Bertz CT molecular complexity index is 1230. The average molecular weight is 444 g/mol. The van der Waals surface area contributed by atoms with Crippen LogP contribution in [-0.4, -0.2) is 37.0 Å². The number of hydrogen-bond donors (Lipinski definition) is 1. The Kier molecular flexibility index (Phi) is 6.59. The fraction of sp³-hybridized carbons (Fsp3) is 0.154. The maximum atomic E-state index is 13.3. The maximum absolute atomic E-state index is 13.3. The number of benzene rings is 3. The van der Waals surface area contributed by atoms with E-state index >= 15 is 0 Å². The Labute approximate surface area is 192 Å². The van der Waals surface area contributed by atoms with E-state index < -0.39 is 0 Å². The van der Waals surface area contributed by atoms with Gasteiger partial charge in [0.15, 0.2) is 0 Å². The summed E-state index contributed by atoms with van der Waals surface area (Å²) >= 11 is 0. The van der Waals surface area contributed by atoms with Crippen molar-refractivity contribution in [1.29, 1.82) is 0 Å². The first-order valence-electron chi connectivity index (χ1n) is 10.4. The van der Waals surface area contributed by atoms with Crippen molar-refractivity contribution in [2.75, 3.05) is 21.3 Å². The first-order valence-corrected chi connectivity index (χ1v) is 10.4. The minimum Gasteiger partial charge on any atom is -0.497 e. The van der Waals surface area contributed by atoms with E-state index in [1.165, 1.54) is 0 Å². The number of carbonyl (C=O) groups is 1. The third-order valence-corrected chi connectivity index (χ3v) is 5.21. The molecule has 33 heavy (non-hydrogen) atoms. The summed E-state index contributed by atoms with van der Waals surface area (Å²) in [6.45, 7) is 0.300. The number of carbonyl (C=O) groups excluding carboxylic acids is 1. The van der Waals surface area contributed by atoms with Crippen molar-refractivity contribution in [2.45, 2.75) is 6.54 Å². The molecule has 0 aliphatic carbocycles. The highest BCUT2D eigenvalue weighted by Crippen LogP contribution is 2.32. The van der Waals surface area contributed by atoms with Crippen LogP contribution in [0.15, 0.2) is 79.0 Å². The lowest BCUT2D eigenvalue weighted by molar-refractivity contribution is 0.0951. The molecular formula is C26H25N3O4. The molecule has 0 radical (unpaired) electrons. The number of methoxy groups -OCH3 is 3. The number of aromatic nitrogens is 2. The van der Waals surface area contributed by atoms with Gasteiger partial charge in [-0.05, 0) is 42.0 Å². The molecular weight excluding hydrogens is 418 g/mol. The zero-order valence-corrected chi connectivity index (χ0v) is 18.7. The van der Waals surface area contributed by atoms with Gasteiger partial charge in [0.05, 0.1) is 32.6 Å². The lowest BCUT2D eigenvalue weighted by Gasteiger charge is -2.10. The van der Waals surface area contributed by atoms with Crippen molar-refractivity contribution in [3.05, 3.63) is 90.1 Å². The molecule has 0 fully saturated rings. The van der Waals surface area contributed by atoms with Crippen LogP contribution < -0.4 is 19.5 Å². The van der Waals surface area contributed by atoms with E-state index in [2.05, 4.69) is 5.32 Å². The third-order valence-electron chi connectivity index (χ3n) is 5.21. The number of nitrogens with zero attached hydrogens (tertiary/aromatic N) is 2. The SMILES string of the molecule is COc1cc(CNC(=O)c2cn(-c3ccccc3)nc2-c2ccccc2OC)cc(OC)c1. The molecule has 4 aromatic rings. The molecule has 1 heterocycles. The van der Waals surface area contributed by atoms with Crippen LogP contribution in [0.5, 0.6) is 17.2 Å². The molecule has 7 heteroatoms. The van der Waals surface area contributed by atoms with E-state index in [-0.39, 0.29) is 5.91 Å². The minimum absolute atomic E-state index is 0.250. The first-order chi connectivity index (χ1) is 16.1. The zero-order valence-electron chi connectivity index (χ0n) is 18.7. The summed E-state index contributed by atoms with van der Waals surface area (Å²) in [6, 6.07) is 22.7. The standard InChI is InChI=1S/C26H25N3O4/c1-31-20-13-18(14-21(15-20)32-2)16-27-26(30)23-17-29(19-9-5-4-6-10-19)28-25(23)22-11-7-8-12-24(22)33-3/h4-15,17H,16H2,1-3H3,(H,27,30). The van der Waals surface area contributed by atoms with E-state index in [9.17, 15) is 4.79 Å². The number of para-hydroxylation sites is 2. The summed E-state index contributed by atoms with van der Waals surface area (Å²) in [6.07, 6.45) is 1.73. The number of hydrogen-bond acceptors (Lipinski definition) is 5. The van der Waals surface area contributed by atoms with Gasteiger partial charge in [-0.3, -0.25) is 4.79 Å². The Morgan fingerprint density at radius 2 is 1.55 bits per heavy atom. The monoisotopic (exact) mass is 443 g/mol. The summed E-state index contributed by atoms with van der Waals surface area (Å²) in [5.41, 5.74) is 3.43. The van der Waals surface area contributed by atoms with Crippen LogP contribution in [0.4, 0.5) is 0 Å². The lowest BCUT2D eigenvalue weighted by atomic mass is 10.1. The predicted octanol–water partition coefficient (Wildman–Crippen LogP) is 4.50. The average Bonchev–Trinajstić information content (AvgIpc) is 3.33. The molecule has 7 nitrogen and oxygen atoms in total. The summed E-state index contributed by atoms with van der Waals surface area (Å²) < 4.78 is 17.9. The van der Waals surface area contributed by atoms with Gasteiger partial charge < -0.3 is 19.5 Å². The number of nitrogens with one attached hydrogen (secondary N) is 1. The second-order valence-electron chi connectivity index (χ2n) is 7.28. The molecule has 0 spiro atoms. The quantitative estimate of drug-likeness (QED) is 0.434. The third kappa shape index (κ3) is 4.82. The van der Waals surface area contributed by atoms with Gasteiger partial charge >= 0.3 is 0 Å². The number of amides is 1. The summed E-state index contributed by atoms with van der Waals surface area (Å²) in [4.78, 5) is 13.3. The molecule has 0 aliphatic rings. The fourth-order valence-corrected chi connectivity index (χ4v) is 3.54. The molecule has 168 valence electrons. The highest BCUT2D eigenvalue weighted by Gasteiger charge is 2.21. The molecule has 3 aromatic carbocycles.